The molecule has 0 saturated heterocycles. The summed E-state index contributed by atoms with van der Waals surface area (Å²) in [6.07, 6.45) is 6.76. The zero-order valence-electron chi connectivity index (χ0n) is 17.6. The Kier molecular flexibility index (Phi) is 5.44. The van der Waals surface area contributed by atoms with Crippen molar-refractivity contribution in [3.8, 4) is 11.1 Å². The summed E-state index contributed by atoms with van der Waals surface area (Å²) in [6, 6.07) is 18.6. The van der Waals surface area contributed by atoms with Crippen LogP contribution in [0.4, 0.5) is 0 Å². The number of hydrogen-bond acceptors (Lipinski definition) is 0. The Balaban J connectivity index is 1.71. The van der Waals surface area contributed by atoms with Crippen molar-refractivity contribution in [2.75, 3.05) is 0 Å². The lowest BCUT2D eigenvalue weighted by Gasteiger charge is -2.33. The molecule has 0 nitrogen and oxygen atoms in total. The molecule has 0 spiro atoms. The summed E-state index contributed by atoms with van der Waals surface area (Å²) < 4.78 is 0. The maximum atomic E-state index is 2.45. The molecule has 0 aliphatic heterocycles. The smallest absolute Gasteiger partial charge is 0.0146 e. The van der Waals surface area contributed by atoms with Crippen LogP contribution in [0.25, 0.3) is 11.1 Å². The Morgan fingerprint density at radius 3 is 1.52 bits per heavy atom. The highest BCUT2D eigenvalue weighted by molar-refractivity contribution is 5.72. The molecule has 4 rings (SSSR count). The summed E-state index contributed by atoms with van der Waals surface area (Å²) in [5, 5.41) is 0. The van der Waals surface area contributed by atoms with Crippen LogP contribution in [-0.2, 0) is 0 Å². The van der Waals surface area contributed by atoms with E-state index in [1.165, 1.54) is 43.2 Å². The molecule has 5 atom stereocenters. The summed E-state index contributed by atoms with van der Waals surface area (Å²) in [4.78, 5) is 0. The van der Waals surface area contributed by atoms with Crippen molar-refractivity contribution in [1.29, 1.82) is 0 Å². The van der Waals surface area contributed by atoms with Crippen LogP contribution in [0.15, 0.2) is 48.5 Å². The third kappa shape index (κ3) is 3.73. The van der Waals surface area contributed by atoms with Gasteiger partial charge in [0, 0.05) is 0 Å². The Bertz CT molecular complexity index is 763. The molecule has 0 bridgehead atoms. The first kappa shape index (κ1) is 18.8. The predicted molar refractivity (Wildman–Crippen MR) is 117 cm³/mol. The van der Waals surface area contributed by atoms with Gasteiger partial charge in [-0.1, -0.05) is 76.2 Å². The highest BCUT2D eigenvalue weighted by Gasteiger charge is 2.32. The van der Waals surface area contributed by atoms with Crippen LogP contribution in [0.5, 0.6) is 0 Å². The van der Waals surface area contributed by atoms with Gasteiger partial charge >= 0.3 is 0 Å². The van der Waals surface area contributed by atoms with Gasteiger partial charge in [0.2, 0.25) is 0 Å². The molecule has 144 valence electrons. The lowest BCUT2D eigenvalue weighted by molar-refractivity contribution is 0.250. The van der Waals surface area contributed by atoms with E-state index < -0.39 is 0 Å². The number of hydrogen-bond donors (Lipinski definition) is 0. The SMILES string of the molecule is CC1CCC(c2ccccc2-c2ccccc2C2CC(C)C(C)C2)CC1C. The van der Waals surface area contributed by atoms with Crippen LogP contribution in [0, 0.1) is 23.7 Å². The molecule has 2 fully saturated rings. The zero-order valence-corrected chi connectivity index (χ0v) is 17.6. The highest BCUT2D eigenvalue weighted by atomic mass is 14.4. The van der Waals surface area contributed by atoms with E-state index in [0.29, 0.717) is 0 Å². The van der Waals surface area contributed by atoms with Gasteiger partial charge in [-0.25, -0.2) is 0 Å². The number of benzene rings is 2. The normalized spacial score (nSPS) is 33.9. The van der Waals surface area contributed by atoms with E-state index in [0.717, 1.165) is 35.5 Å². The van der Waals surface area contributed by atoms with Crippen molar-refractivity contribution in [2.45, 2.75) is 71.6 Å². The van der Waals surface area contributed by atoms with Crippen LogP contribution >= 0.6 is 0 Å². The Hall–Kier alpha value is -1.56. The minimum Gasteiger partial charge on any atom is -0.0623 e. The number of rotatable bonds is 3. The van der Waals surface area contributed by atoms with Crippen LogP contribution in [0.2, 0.25) is 0 Å². The summed E-state index contributed by atoms with van der Waals surface area (Å²) in [7, 11) is 0. The molecule has 5 unspecified atom stereocenters. The van der Waals surface area contributed by atoms with Crippen molar-refractivity contribution in [3.63, 3.8) is 0 Å². The van der Waals surface area contributed by atoms with Gasteiger partial charge in [-0.3, -0.25) is 0 Å². The predicted octanol–water partition coefficient (Wildman–Crippen LogP) is 8.04. The molecule has 2 saturated carbocycles. The molecule has 0 aromatic heterocycles. The fraction of sp³-hybridized carbons (Fsp3) is 0.556. The Labute approximate surface area is 166 Å². The molecular formula is C27H36. The summed E-state index contributed by atoms with van der Waals surface area (Å²) in [5.41, 5.74) is 6.21. The van der Waals surface area contributed by atoms with Crippen LogP contribution in [-0.4, -0.2) is 0 Å². The average molecular weight is 361 g/mol. The first-order valence-corrected chi connectivity index (χ1v) is 11.2. The second-order valence-corrected chi connectivity index (χ2v) is 9.76. The molecule has 27 heavy (non-hydrogen) atoms. The lowest BCUT2D eigenvalue weighted by atomic mass is 9.72. The van der Waals surface area contributed by atoms with Gasteiger partial charge in [-0.05, 0) is 89.9 Å². The fourth-order valence-electron chi connectivity index (χ4n) is 5.74. The van der Waals surface area contributed by atoms with Crippen molar-refractivity contribution < 1.29 is 0 Å². The van der Waals surface area contributed by atoms with E-state index in [1.54, 1.807) is 11.1 Å². The van der Waals surface area contributed by atoms with Crippen molar-refractivity contribution in [2.24, 2.45) is 23.7 Å². The minimum atomic E-state index is 0.724. The van der Waals surface area contributed by atoms with E-state index in [1.807, 2.05) is 0 Å². The maximum absolute atomic E-state index is 2.45. The van der Waals surface area contributed by atoms with Gasteiger partial charge in [-0.15, -0.1) is 0 Å². The average Bonchev–Trinajstić information content (AvgIpc) is 3.02. The third-order valence-corrected chi connectivity index (χ3v) is 7.97. The maximum Gasteiger partial charge on any atom is -0.0146 e. The molecule has 2 aromatic rings. The molecule has 0 heterocycles. The second kappa shape index (κ2) is 7.82. The van der Waals surface area contributed by atoms with Gasteiger partial charge in [0.15, 0.2) is 0 Å². The summed E-state index contributed by atoms with van der Waals surface area (Å²) in [5.74, 6) is 4.86. The second-order valence-electron chi connectivity index (χ2n) is 9.76. The largest absolute Gasteiger partial charge is 0.0623 e. The van der Waals surface area contributed by atoms with Crippen LogP contribution < -0.4 is 0 Å². The monoisotopic (exact) mass is 360 g/mol. The molecule has 2 aliphatic rings. The van der Waals surface area contributed by atoms with E-state index in [2.05, 4.69) is 76.2 Å². The first-order valence-electron chi connectivity index (χ1n) is 11.2. The quantitative estimate of drug-likeness (QED) is 0.519. The fourth-order valence-corrected chi connectivity index (χ4v) is 5.74. The Morgan fingerprint density at radius 2 is 0.963 bits per heavy atom. The third-order valence-electron chi connectivity index (χ3n) is 7.97. The highest BCUT2D eigenvalue weighted by Crippen LogP contribution is 2.47. The van der Waals surface area contributed by atoms with Crippen LogP contribution in [0.1, 0.15) is 82.8 Å². The Morgan fingerprint density at radius 1 is 0.519 bits per heavy atom. The molecule has 0 radical (unpaired) electrons. The molecular weight excluding hydrogens is 324 g/mol. The summed E-state index contributed by atoms with van der Waals surface area (Å²) >= 11 is 0. The molecule has 2 aliphatic carbocycles. The lowest BCUT2D eigenvalue weighted by Crippen LogP contribution is -2.20. The van der Waals surface area contributed by atoms with Crippen molar-refractivity contribution in [1.82, 2.24) is 0 Å². The van der Waals surface area contributed by atoms with Gasteiger partial charge < -0.3 is 0 Å². The van der Waals surface area contributed by atoms with Crippen molar-refractivity contribution in [3.05, 3.63) is 59.7 Å². The summed E-state index contributed by atoms with van der Waals surface area (Å²) in [6.45, 7) is 9.76. The van der Waals surface area contributed by atoms with E-state index in [-0.39, 0.29) is 0 Å². The van der Waals surface area contributed by atoms with Gasteiger partial charge in [0.05, 0.1) is 0 Å². The molecule has 2 aromatic carbocycles. The molecule has 0 heteroatoms. The van der Waals surface area contributed by atoms with E-state index >= 15 is 0 Å². The molecule has 0 amide bonds. The zero-order chi connectivity index (χ0) is 19.0. The first-order chi connectivity index (χ1) is 13.0. The van der Waals surface area contributed by atoms with Gasteiger partial charge in [-0.2, -0.15) is 0 Å². The van der Waals surface area contributed by atoms with Gasteiger partial charge in [0.1, 0.15) is 0 Å². The standard InChI is InChI=1S/C27H36/c1-18-13-14-22(15-19(18)2)24-9-5-7-11-26(24)27-12-8-6-10-25(27)23-16-20(3)21(4)17-23/h5-12,18-23H,13-17H2,1-4H3. The van der Waals surface area contributed by atoms with Crippen molar-refractivity contribution >= 4 is 0 Å². The minimum absolute atomic E-state index is 0.724. The van der Waals surface area contributed by atoms with Crippen LogP contribution in [0.3, 0.4) is 0 Å². The topological polar surface area (TPSA) is 0 Å². The van der Waals surface area contributed by atoms with E-state index in [9.17, 15) is 0 Å². The molecule has 0 N–H and O–H groups in total. The van der Waals surface area contributed by atoms with Gasteiger partial charge in [0.25, 0.3) is 0 Å². The van der Waals surface area contributed by atoms with E-state index in [4.69, 9.17) is 0 Å².